The van der Waals surface area contributed by atoms with Gasteiger partial charge < -0.3 is 11.1 Å². The fourth-order valence-electron chi connectivity index (χ4n) is 1.38. The first-order valence-corrected chi connectivity index (χ1v) is 4.76. The van der Waals surface area contributed by atoms with Crippen molar-refractivity contribution in [2.24, 2.45) is 11.7 Å². The minimum absolute atomic E-state index is 0.152. The molecule has 0 radical (unpaired) electrons. The minimum Gasteiger partial charge on any atom is -0.352 e. The van der Waals surface area contributed by atoms with Crippen molar-refractivity contribution >= 4 is 5.91 Å². The molecule has 0 aromatic heterocycles. The van der Waals surface area contributed by atoms with Gasteiger partial charge >= 0.3 is 0 Å². The third kappa shape index (κ3) is 3.19. The van der Waals surface area contributed by atoms with Gasteiger partial charge in [-0.25, -0.2) is 0 Å². The number of carbonyl (C=O) groups is 1. The molecule has 1 fully saturated rings. The smallest absolute Gasteiger partial charge is 0.223 e. The number of carbonyl (C=O) groups excluding carboxylic acids is 1. The van der Waals surface area contributed by atoms with E-state index in [0.29, 0.717) is 6.54 Å². The molecule has 0 heterocycles. The molecule has 1 aliphatic rings. The molecule has 0 aliphatic heterocycles. The molecule has 0 atom stereocenters. The number of nitrogens with two attached hydrogens (primary N) is 1. The van der Waals surface area contributed by atoms with Crippen LogP contribution in [0, 0.1) is 5.92 Å². The lowest BCUT2D eigenvalue weighted by atomic mass is 9.80. The quantitative estimate of drug-likeness (QED) is 0.634. The summed E-state index contributed by atoms with van der Waals surface area (Å²) in [5.74, 6) is 0.319. The van der Waals surface area contributed by atoms with E-state index >= 15 is 0 Å². The first-order valence-electron chi connectivity index (χ1n) is 4.76. The Morgan fingerprint density at radius 1 is 1.54 bits per heavy atom. The van der Waals surface area contributed by atoms with Gasteiger partial charge in [-0.1, -0.05) is 11.6 Å². The van der Waals surface area contributed by atoms with Gasteiger partial charge in [-0.3, -0.25) is 4.79 Å². The van der Waals surface area contributed by atoms with Crippen LogP contribution in [0.2, 0.25) is 0 Å². The molecule has 0 saturated heterocycles. The molecule has 1 amide bonds. The van der Waals surface area contributed by atoms with E-state index in [1.54, 1.807) is 0 Å². The van der Waals surface area contributed by atoms with Gasteiger partial charge in [-0.2, -0.15) is 0 Å². The predicted octanol–water partition coefficient (Wildman–Crippen LogP) is 0.806. The fourth-order valence-corrected chi connectivity index (χ4v) is 1.38. The van der Waals surface area contributed by atoms with Gasteiger partial charge in [0.2, 0.25) is 5.91 Å². The predicted molar refractivity (Wildman–Crippen MR) is 53.1 cm³/mol. The lowest BCUT2D eigenvalue weighted by Gasteiger charge is -2.30. The van der Waals surface area contributed by atoms with Gasteiger partial charge in [0.15, 0.2) is 0 Å². The highest BCUT2D eigenvalue weighted by Gasteiger charge is 2.31. The SMILES string of the molecule is CC(C)=CCNC(=O)C1CC(N)C1. The third-order valence-corrected chi connectivity index (χ3v) is 2.33. The number of hydrogen-bond donors (Lipinski definition) is 2. The Balaban J connectivity index is 2.15. The maximum atomic E-state index is 11.4. The van der Waals surface area contributed by atoms with Crippen molar-refractivity contribution in [3.05, 3.63) is 11.6 Å². The summed E-state index contributed by atoms with van der Waals surface area (Å²) < 4.78 is 0. The van der Waals surface area contributed by atoms with Crippen molar-refractivity contribution in [3.8, 4) is 0 Å². The molecule has 0 unspecified atom stereocenters. The summed E-state index contributed by atoms with van der Waals surface area (Å²) in [6, 6.07) is 0.249. The maximum absolute atomic E-state index is 11.4. The highest BCUT2D eigenvalue weighted by molar-refractivity contribution is 5.79. The summed E-state index contributed by atoms with van der Waals surface area (Å²) in [5, 5.41) is 2.87. The van der Waals surface area contributed by atoms with E-state index in [4.69, 9.17) is 5.73 Å². The summed E-state index contributed by atoms with van der Waals surface area (Å²) in [5.41, 5.74) is 6.82. The van der Waals surface area contributed by atoms with Crippen LogP contribution in [0.4, 0.5) is 0 Å². The standard InChI is InChI=1S/C10H18N2O/c1-7(2)3-4-12-10(13)8-5-9(11)6-8/h3,8-9H,4-6,11H2,1-2H3,(H,12,13). The Morgan fingerprint density at radius 2 is 2.15 bits per heavy atom. The lowest BCUT2D eigenvalue weighted by Crippen LogP contribution is -2.45. The second-order valence-electron chi connectivity index (χ2n) is 3.96. The highest BCUT2D eigenvalue weighted by atomic mass is 16.1. The molecule has 3 nitrogen and oxygen atoms in total. The van der Waals surface area contributed by atoms with Gasteiger partial charge in [0, 0.05) is 18.5 Å². The maximum Gasteiger partial charge on any atom is 0.223 e. The first kappa shape index (κ1) is 10.3. The lowest BCUT2D eigenvalue weighted by molar-refractivity contribution is -0.127. The Kier molecular flexibility index (Phi) is 3.48. The van der Waals surface area contributed by atoms with Crippen LogP contribution in [0.25, 0.3) is 0 Å². The van der Waals surface area contributed by atoms with Crippen LogP contribution >= 0.6 is 0 Å². The zero-order valence-corrected chi connectivity index (χ0v) is 8.34. The Hall–Kier alpha value is -0.830. The van der Waals surface area contributed by atoms with E-state index < -0.39 is 0 Å². The molecule has 3 N–H and O–H groups in total. The Morgan fingerprint density at radius 3 is 2.62 bits per heavy atom. The van der Waals surface area contributed by atoms with Crippen LogP contribution in [0.1, 0.15) is 26.7 Å². The molecule has 3 heteroatoms. The van der Waals surface area contributed by atoms with Gasteiger partial charge in [0.25, 0.3) is 0 Å². The first-order chi connectivity index (χ1) is 6.09. The minimum atomic E-state index is 0.152. The molecular formula is C10H18N2O. The number of hydrogen-bond acceptors (Lipinski definition) is 2. The third-order valence-electron chi connectivity index (χ3n) is 2.33. The van der Waals surface area contributed by atoms with Crippen LogP contribution in [0.15, 0.2) is 11.6 Å². The van der Waals surface area contributed by atoms with Gasteiger partial charge in [-0.15, -0.1) is 0 Å². The van der Waals surface area contributed by atoms with Crippen LogP contribution in [0.5, 0.6) is 0 Å². The van der Waals surface area contributed by atoms with E-state index in [1.807, 2.05) is 19.9 Å². The topological polar surface area (TPSA) is 55.1 Å². The van der Waals surface area contributed by atoms with Crippen molar-refractivity contribution in [1.29, 1.82) is 0 Å². The van der Waals surface area contributed by atoms with Crippen LogP contribution < -0.4 is 11.1 Å². The van der Waals surface area contributed by atoms with Crippen LogP contribution in [0.3, 0.4) is 0 Å². The van der Waals surface area contributed by atoms with E-state index in [1.165, 1.54) is 5.57 Å². The van der Waals surface area contributed by atoms with E-state index in [2.05, 4.69) is 5.32 Å². The van der Waals surface area contributed by atoms with Crippen molar-refractivity contribution in [2.45, 2.75) is 32.7 Å². The summed E-state index contributed by atoms with van der Waals surface area (Å²) in [7, 11) is 0. The Labute approximate surface area is 79.4 Å². The molecule has 0 bridgehead atoms. The van der Waals surface area contributed by atoms with E-state index in [9.17, 15) is 4.79 Å². The Bertz CT molecular complexity index is 213. The van der Waals surface area contributed by atoms with Crippen molar-refractivity contribution in [1.82, 2.24) is 5.32 Å². The molecule has 1 aliphatic carbocycles. The largest absolute Gasteiger partial charge is 0.352 e. The highest BCUT2D eigenvalue weighted by Crippen LogP contribution is 2.25. The number of allylic oxidation sites excluding steroid dienone is 1. The average molecular weight is 182 g/mol. The summed E-state index contributed by atoms with van der Waals surface area (Å²) in [6.45, 7) is 4.68. The molecule has 74 valence electrons. The van der Waals surface area contributed by atoms with Gasteiger partial charge in [0.05, 0.1) is 0 Å². The summed E-state index contributed by atoms with van der Waals surface area (Å²) >= 11 is 0. The van der Waals surface area contributed by atoms with E-state index in [0.717, 1.165) is 12.8 Å². The van der Waals surface area contributed by atoms with Crippen molar-refractivity contribution < 1.29 is 4.79 Å². The van der Waals surface area contributed by atoms with Crippen LogP contribution in [-0.2, 0) is 4.79 Å². The normalized spacial score (nSPS) is 26.1. The molecule has 0 spiro atoms. The van der Waals surface area contributed by atoms with Gasteiger partial charge in [-0.05, 0) is 26.7 Å². The number of rotatable bonds is 3. The zero-order valence-electron chi connectivity index (χ0n) is 8.34. The molecule has 1 saturated carbocycles. The molecule has 1 rings (SSSR count). The molecule has 0 aromatic rings. The van der Waals surface area contributed by atoms with E-state index in [-0.39, 0.29) is 17.9 Å². The zero-order chi connectivity index (χ0) is 9.84. The monoisotopic (exact) mass is 182 g/mol. The number of amides is 1. The van der Waals surface area contributed by atoms with Crippen molar-refractivity contribution in [3.63, 3.8) is 0 Å². The summed E-state index contributed by atoms with van der Waals surface area (Å²) in [6.07, 6.45) is 3.71. The van der Waals surface area contributed by atoms with Gasteiger partial charge in [0.1, 0.15) is 0 Å². The van der Waals surface area contributed by atoms with Crippen LogP contribution in [-0.4, -0.2) is 18.5 Å². The van der Waals surface area contributed by atoms with Crippen molar-refractivity contribution in [2.75, 3.05) is 6.54 Å². The molecule has 0 aromatic carbocycles. The second-order valence-corrected chi connectivity index (χ2v) is 3.96. The molecule has 13 heavy (non-hydrogen) atoms. The summed E-state index contributed by atoms with van der Waals surface area (Å²) in [4.78, 5) is 11.4. The second kappa shape index (κ2) is 4.42. The average Bonchev–Trinajstić information content (AvgIpc) is 1.97. The molecular weight excluding hydrogens is 164 g/mol. The fraction of sp³-hybridized carbons (Fsp3) is 0.700. The number of nitrogens with one attached hydrogen (secondary N) is 1.